The Morgan fingerprint density at radius 2 is 1.92 bits per heavy atom. The van der Waals surface area contributed by atoms with E-state index in [1.165, 1.54) is 24.3 Å². The van der Waals surface area contributed by atoms with E-state index in [0.717, 1.165) is 0 Å². The van der Waals surface area contributed by atoms with Crippen molar-refractivity contribution < 1.29 is 4.92 Å². The van der Waals surface area contributed by atoms with Crippen LogP contribution in [0.15, 0.2) is 53.3 Å². The molecule has 0 fully saturated rings. The number of hydrogen-bond donors (Lipinski definition) is 3. The van der Waals surface area contributed by atoms with Crippen LogP contribution in [0.4, 0.5) is 11.4 Å². The van der Waals surface area contributed by atoms with Crippen LogP contribution in [0.25, 0.3) is 22.0 Å². The molecule has 3 N–H and O–H groups in total. The number of nitrogens with zero attached hydrogens (tertiary/aromatic N) is 3. The molecule has 9 heteroatoms. The number of aromatic nitrogens is 2. The zero-order valence-electron chi connectivity index (χ0n) is 12.7. The monoisotopic (exact) mass is 335 g/mol. The maximum Gasteiger partial charge on any atom is 0.269 e. The molecule has 0 atom stereocenters. The van der Waals surface area contributed by atoms with Crippen LogP contribution in [0.5, 0.6) is 0 Å². The average Bonchev–Trinajstić information content (AvgIpc) is 2.63. The first-order chi connectivity index (χ1) is 12.1. The molecule has 0 radical (unpaired) electrons. The summed E-state index contributed by atoms with van der Waals surface area (Å²) in [6, 6.07) is 12.4. The third-order valence-corrected chi connectivity index (χ3v) is 3.37. The summed E-state index contributed by atoms with van der Waals surface area (Å²) in [5.74, 6) is 2.00. The quantitative estimate of drug-likeness (QED) is 0.371. The summed E-state index contributed by atoms with van der Waals surface area (Å²) in [6.45, 7) is 0. The molecule has 0 bridgehead atoms. The molecule has 9 nitrogen and oxygen atoms in total. The predicted octanol–water partition coefficient (Wildman–Crippen LogP) is 2.03. The highest BCUT2D eigenvalue weighted by molar-refractivity contribution is 5.89. The van der Waals surface area contributed by atoms with Crippen molar-refractivity contribution in [2.75, 3.05) is 5.43 Å². The molecule has 0 amide bonds. The molecule has 0 unspecified atom stereocenters. The lowest BCUT2D eigenvalue weighted by molar-refractivity contribution is -0.384. The lowest BCUT2D eigenvalue weighted by Crippen LogP contribution is -2.23. The van der Waals surface area contributed by atoms with Crippen molar-refractivity contribution in [1.82, 2.24) is 15.4 Å². The fourth-order valence-corrected chi connectivity index (χ4v) is 2.15. The Bertz CT molecular complexity index is 1050. The fourth-order valence-electron chi connectivity index (χ4n) is 2.15. The maximum absolute atomic E-state index is 12.1. The molecule has 0 aliphatic heterocycles. The number of nitrogens with one attached hydrogen (secondary N) is 3. The molecule has 0 saturated heterocycles. The number of fused-ring (bicyclic) bond motifs is 1. The summed E-state index contributed by atoms with van der Waals surface area (Å²) in [6.07, 6.45) is 0. The second-order valence-electron chi connectivity index (χ2n) is 4.97. The van der Waals surface area contributed by atoms with Crippen LogP contribution in [0.3, 0.4) is 0 Å². The van der Waals surface area contributed by atoms with Gasteiger partial charge in [0, 0.05) is 12.1 Å². The van der Waals surface area contributed by atoms with Crippen LogP contribution in [0.1, 0.15) is 5.82 Å². The lowest BCUT2D eigenvalue weighted by atomic mass is 10.2. The van der Waals surface area contributed by atoms with E-state index in [0.29, 0.717) is 16.6 Å². The van der Waals surface area contributed by atoms with Crippen LogP contribution in [-0.2, 0) is 0 Å². The standard InChI is InChI=1S/C16H11N6O3/c17-9-14(21-20-10-5-7-11(8-6-10)22(24)25)15-18-13-4-2-1-3-12(13)16(23)19-15/h1-8,20-21H,(H,18,19,23)/q-1. The molecule has 0 spiro atoms. The number of nitro groups is 1. The Hall–Kier alpha value is -3.97. The van der Waals surface area contributed by atoms with E-state index in [1.54, 1.807) is 24.3 Å². The number of para-hydroxylation sites is 1. The summed E-state index contributed by atoms with van der Waals surface area (Å²) in [5, 5.41) is 20.3. The number of hydrogen-bond acceptors (Lipinski definition) is 6. The fraction of sp³-hybridized carbons (Fsp3) is 0. The second kappa shape index (κ2) is 6.65. The maximum atomic E-state index is 12.1. The van der Waals surface area contributed by atoms with Crippen LogP contribution in [0, 0.1) is 10.1 Å². The van der Waals surface area contributed by atoms with E-state index in [9.17, 15) is 20.3 Å². The van der Waals surface area contributed by atoms with E-state index < -0.39 is 4.92 Å². The van der Waals surface area contributed by atoms with Crippen LogP contribution in [-0.4, -0.2) is 20.8 Å². The zero-order chi connectivity index (χ0) is 17.8. The second-order valence-corrected chi connectivity index (χ2v) is 4.97. The molecule has 0 aliphatic rings. The third kappa shape index (κ3) is 3.36. The highest BCUT2D eigenvalue weighted by atomic mass is 16.6. The minimum absolute atomic E-state index is 0.00112. The van der Waals surface area contributed by atoms with Crippen molar-refractivity contribution in [3.63, 3.8) is 0 Å². The van der Waals surface area contributed by atoms with Gasteiger partial charge in [-0.1, -0.05) is 12.1 Å². The van der Waals surface area contributed by atoms with Crippen molar-refractivity contribution in [1.29, 1.82) is 0 Å². The van der Waals surface area contributed by atoms with E-state index in [1.807, 2.05) is 5.87 Å². The molecule has 25 heavy (non-hydrogen) atoms. The first kappa shape index (κ1) is 15.9. The SMILES string of the molecule is [N-]=C=C(NNc1ccc([N+](=O)[O-])cc1)c1nc2ccccc2c(=O)[nH]1. The highest BCUT2D eigenvalue weighted by Crippen LogP contribution is 2.15. The van der Waals surface area contributed by atoms with Gasteiger partial charge in [0.25, 0.3) is 11.2 Å². The molecular weight excluding hydrogens is 324 g/mol. The molecule has 0 saturated carbocycles. The van der Waals surface area contributed by atoms with Crippen molar-refractivity contribution >= 4 is 33.8 Å². The van der Waals surface area contributed by atoms with Gasteiger partial charge in [-0.15, -0.1) is 0 Å². The van der Waals surface area contributed by atoms with Crippen molar-refractivity contribution in [2.24, 2.45) is 0 Å². The molecule has 1 heterocycles. The topological polar surface area (TPSA) is 135 Å². The van der Waals surface area contributed by atoms with Crippen LogP contribution >= 0.6 is 0 Å². The van der Waals surface area contributed by atoms with Gasteiger partial charge in [0.05, 0.1) is 21.5 Å². The largest absolute Gasteiger partial charge is 0.761 e. The number of aromatic amines is 1. The molecule has 3 rings (SSSR count). The Labute approximate surface area is 140 Å². The first-order valence-electron chi connectivity index (χ1n) is 7.11. The van der Waals surface area contributed by atoms with Gasteiger partial charge in [-0.3, -0.25) is 20.3 Å². The van der Waals surface area contributed by atoms with E-state index in [4.69, 9.17) is 0 Å². The molecule has 124 valence electrons. The molecule has 2 aromatic carbocycles. The van der Waals surface area contributed by atoms with Gasteiger partial charge in [-0.2, -0.15) is 0 Å². The summed E-state index contributed by atoms with van der Waals surface area (Å²) in [5.41, 5.74) is 5.94. The first-order valence-corrected chi connectivity index (χ1v) is 7.11. The molecule has 0 aliphatic carbocycles. The number of rotatable bonds is 5. The number of nitro benzene ring substituents is 1. The van der Waals surface area contributed by atoms with Crippen LogP contribution in [0.2, 0.25) is 0 Å². The number of hydrazine groups is 1. The number of anilines is 1. The Kier molecular flexibility index (Phi) is 4.23. The molecule has 1 aromatic heterocycles. The van der Waals surface area contributed by atoms with Crippen molar-refractivity contribution in [2.45, 2.75) is 0 Å². The van der Waals surface area contributed by atoms with Gasteiger partial charge < -0.3 is 15.8 Å². The van der Waals surface area contributed by atoms with Gasteiger partial charge in [-0.25, -0.2) is 10.9 Å². The minimum atomic E-state index is -0.506. The summed E-state index contributed by atoms with van der Waals surface area (Å²) in [7, 11) is 0. The van der Waals surface area contributed by atoms with Gasteiger partial charge in [0.15, 0.2) is 5.82 Å². The predicted molar refractivity (Wildman–Crippen MR) is 94.0 cm³/mol. The van der Waals surface area contributed by atoms with Gasteiger partial charge >= 0.3 is 0 Å². The Morgan fingerprint density at radius 1 is 1.20 bits per heavy atom. The summed E-state index contributed by atoms with van der Waals surface area (Å²) in [4.78, 5) is 29.0. The van der Waals surface area contributed by atoms with Crippen molar-refractivity contribution in [3.8, 4) is 0 Å². The van der Waals surface area contributed by atoms with Crippen molar-refractivity contribution in [3.05, 3.63) is 80.2 Å². The van der Waals surface area contributed by atoms with Gasteiger partial charge in [-0.05, 0) is 24.3 Å². The van der Waals surface area contributed by atoms with E-state index in [-0.39, 0.29) is 22.8 Å². The normalized spacial score (nSPS) is 10.1. The zero-order valence-corrected chi connectivity index (χ0v) is 12.7. The summed E-state index contributed by atoms with van der Waals surface area (Å²) >= 11 is 0. The smallest absolute Gasteiger partial charge is 0.269 e. The highest BCUT2D eigenvalue weighted by Gasteiger charge is 2.07. The number of non-ortho nitro benzene ring substituents is 1. The van der Waals surface area contributed by atoms with Gasteiger partial charge in [0.1, 0.15) is 5.70 Å². The van der Waals surface area contributed by atoms with E-state index >= 15 is 0 Å². The minimum Gasteiger partial charge on any atom is -0.761 e. The number of benzene rings is 2. The van der Waals surface area contributed by atoms with Gasteiger partial charge in [0.2, 0.25) is 0 Å². The molecular formula is C16H11N6O3-. The Balaban J connectivity index is 1.83. The number of H-pyrrole nitrogens is 1. The Morgan fingerprint density at radius 3 is 2.60 bits per heavy atom. The summed E-state index contributed by atoms with van der Waals surface area (Å²) < 4.78 is 0. The average molecular weight is 335 g/mol. The molecule has 3 aromatic rings. The third-order valence-electron chi connectivity index (χ3n) is 3.37. The van der Waals surface area contributed by atoms with E-state index in [2.05, 4.69) is 20.8 Å². The van der Waals surface area contributed by atoms with Crippen LogP contribution < -0.4 is 16.4 Å². The lowest BCUT2D eigenvalue weighted by Gasteiger charge is -2.12.